The third-order valence-corrected chi connectivity index (χ3v) is 4.63. The molecule has 1 aromatic rings. The van der Waals surface area contributed by atoms with Gasteiger partial charge in [0.05, 0.1) is 6.61 Å². The van der Waals surface area contributed by atoms with Crippen molar-refractivity contribution in [2.45, 2.75) is 38.3 Å². The van der Waals surface area contributed by atoms with E-state index >= 15 is 0 Å². The SMILES string of the molecule is CCOC(=O)C1CNCCN1C1CCc2ccccc2C1. The number of carbonyl (C=O) groups is 1. The van der Waals surface area contributed by atoms with Crippen molar-refractivity contribution >= 4 is 5.97 Å². The molecule has 4 heteroatoms. The first kappa shape index (κ1) is 14.5. The summed E-state index contributed by atoms with van der Waals surface area (Å²) < 4.78 is 5.25. The number of rotatable bonds is 3. The van der Waals surface area contributed by atoms with E-state index in [0.717, 1.165) is 32.4 Å². The van der Waals surface area contributed by atoms with Crippen LogP contribution in [0.15, 0.2) is 24.3 Å². The zero-order valence-corrected chi connectivity index (χ0v) is 12.7. The Morgan fingerprint density at radius 2 is 2.19 bits per heavy atom. The van der Waals surface area contributed by atoms with Crippen LogP contribution >= 0.6 is 0 Å². The van der Waals surface area contributed by atoms with E-state index in [4.69, 9.17) is 4.74 Å². The summed E-state index contributed by atoms with van der Waals surface area (Å²) in [7, 11) is 0. The summed E-state index contributed by atoms with van der Waals surface area (Å²) in [5, 5.41) is 3.32. The highest BCUT2D eigenvalue weighted by Crippen LogP contribution is 2.26. The summed E-state index contributed by atoms with van der Waals surface area (Å²) in [5.41, 5.74) is 2.91. The van der Waals surface area contributed by atoms with E-state index in [2.05, 4.69) is 34.5 Å². The molecule has 114 valence electrons. The molecule has 1 heterocycles. The highest BCUT2D eigenvalue weighted by Gasteiger charge is 2.35. The fourth-order valence-corrected chi connectivity index (χ4v) is 3.58. The summed E-state index contributed by atoms with van der Waals surface area (Å²) in [5.74, 6) is -0.0800. The van der Waals surface area contributed by atoms with E-state index in [1.165, 1.54) is 11.1 Å². The van der Waals surface area contributed by atoms with Gasteiger partial charge in [-0.05, 0) is 37.3 Å². The fourth-order valence-electron chi connectivity index (χ4n) is 3.58. The topological polar surface area (TPSA) is 41.6 Å². The fraction of sp³-hybridized carbons (Fsp3) is 0.588. The Labute approximate surface area is 126 Å². The number of fused-ring (bicyclic) bond motifs is 1. The lowest BCUT2D eigenvalue weighted by molar-refractivity contribution is -0.151. The van der Waals surface area contributed by atoms with E-state index in [-0.39, 0.29) is 12.0 Å². The van der Waals surface area contributed by atoms with Gasteiger partial charge in [-0.3, -0.25) is 9.69 Å². The van der Waals surface area contributed by atoms with Gasteiger partial charge in [-0.15, -0.1) is 0 Å². The number of benzene rings is 1. The van der Waals surface area contributed by atoms with Crippen LogP contribution in [0, 0.1) is 0 Å². The van der Waals surface area contributed by atoms with E-state index in [9.17, 15) is 4.79 Å². The Morgan fingerprint density at radius 3 is 3.00 bits per heavy atom. The number of carbonyl (C=O) groups excluding carboxylic acids is 1. The van der Waals surface area contributed by atoms with Gasteiger partial charge in [-0.25, -0.2) is 0 Å². The average Bonchev–Trinajstić information content (AvgIpc) is 2.54. The first-order chi connectivity index (χ1) is 10.3. The molecule has 1 saturated heterocycles. The van der Waals surface area contributed by atoms with Crippen LogP contribution in [0.3, 0.4) is 0 Å². The van der Waals surface area contributed by atoms with Crippen LogP contribution in [0.1, 0.15) is 24.5 Å². The molecule has 2 unspecified atom stereocenters. The molecule has 1 aromatic carbocycles. The quantitative estimate of drug-likeness (QED) is 0.853. The lowest BCUT2D eigenvalue weighted by Gasteiger charge is -2.42. The van der Waals surface area contributed by atoms with Gasteiger partial charge >= 0.3 is 5.97 Å². The van der Waals surface area contributed by atoms with Crippen LogP contribution < -0.4 is 5.32 Å². The molecule has 0 bridgehead atoms. The summed E-state index contributed by atoms with van der Waals surface area (Å²) in [6, 6.07) is 9.01. The van der Waals surface area contributed by atoms with Crippen molar-refractivity contribution in [3.63, 3.8) is 0 Å². The van der Waals surface area contributed by atoms with E-state index in [1.807, 2.05) is 6.92 Å². The van der Waals surface area contributed by atoms with Crippen molar-refractivity contribution < 1.29 is 9.53 Å². The number of hydrogen-bond acceptors (Lipinski definition) is 4. The molecular weight excluding hydrogens is 264 g/mol. The molecule has 2 aliphatic rings. The second kappa shape index (κ2) is 6.58. The Balaban J connectivity index is 1.74. The van der Waals surface area contributed by atoms with E-state index < -0.39 is 0 Å². The molecule has 21 heavy (non-hydrogen) atoms. The van der Waals surface area contributed by atoms with Crippen LogP contribution in [0.25, 0.3) is 0 Å². The lowest BCUT2D eigenvalue weighted by Crippen LogP contribution is -2.59. The molecule has 3 rings (SSSR count). The minimum atomic E-state index is -0.131. The third-order valence-electron chi connectivity index (χ3n) is 4.63. The third kappa shape index (κ3) is 3.11. The van der Waals surface area contributed by atoms with Crippen molar-refractivity contribution in [3.05, 3.63) is 35.4 Å². The standard InChI is InChI=1S/C17H24N2O2/c1-2-21-17(20)16-12-18-9-10-19(16)15-8-7-13-5-3-4-6-14(13)11-15/h3-6,15-16,18H,2,7-12H2,1H3. The Kier molecular flexibility index (Phi) is 4.56. The number of piperazine rings is 1. The summed E-state index contributed by atoms with van der Waals surface area (Å²) in [6.45, 7) is 4.91. The highest BCUT2D eigenvalue weighted by molar-refractivity contribution is 5.76. The van der Waals surface area contributed by atoms with Gasteiger partial charge in [0.25, 0.3) is 0 Å². The van der Waals surface area contributed by atoms with Gasteiger partial charge in [0.1, 0.15) is 6.04 Å². The monoisotopic (exact) mass is 288 g/mol. The number of nitrogens with one attached hydrogen (secondary N) is 1. The number of nitrogens with zero attached hydrogens (tertiary/aromatic N) is 1. The molecule has 1 fully saturated rings. The van der Waals surface area contributed by atoms with Crippen LogP contribution in [-0.2, 0) is 22.4 Å². The maximum atomic E-state index is 12.2. The highest BCUT2D eigenvalue weighted by atomic mass is 16.5. The molecular formula is C17H24N2O2. The summed E-state index contributed by atoms with van der Waals surface area (Å²) in [6.07, 6.45) is 3.29. The molecule has 0 aromatic heterocycles. The number of aryl methyl sites for hydroxylation is 1. The van der Waals surface area contributed by atoms with Gasteiger partial charge in [0, 0.05) is 25.7 Å². The van der Waals surface area contributed by atoms with E-state index in [1.54, 1.807) is 0 Å². The van der Waals surface area contributed by atoms with E-state index in [0.29, 0.717) is 19.2 Å². The molecule has 4 nitrogen and oxygen atoms in total. The number of ether oxygens (including phenoxy) is 1. The maximum Gasteiger partial charge on any atom is 0.324 e. The number of esters is 1. The Bertz CT molecular complexity index is 503. The summed E-state index contributed by atoms with van der Waals surface area (Å²) in [4.78, 5) is 14.6. The first-order valence-corrected chi connectivity index (χ1v) is 7.99. The van der Waals surface area contributed by atoms with Crippen molar-refractivity contribution in [1.82, 2.24) is 10.2 Å². The van der Waals surface area contributed by atoms with Crippen LogP contribution in [0.2, 0.25) is 0 Å². The smallest absolute Gasteiger partial charge is 0.324 e. The normalized spacial score (nSPS) is 26.1. The zero-order valence-electron chi connectivity index (χ0n) is 12.7. The second-order valence-corrected chi connectivity index (χ2v) is 5.88. The summed E-state index contributed by atoms with van der Waals surface area (Å²) >= 11 is 0. The predicted octanol–water partition coefficient (Wildman–Crippen LogP) is 1.38. The largest absolute Gasteiger partial charge is 0.465 e. The first-order valence-electron chi connectivity index (χ1n) is 7.99. The second-order valence-electron chi connectivity index (χ2n) is 5.88. The van der Waals surface area contributed by atoms with Crippen molar-refractivity contribution in [2.24, 2.45) is 0 Å². The van der Waals surface area contributed by atoms with Crippen molar-refractivity contribution in [2.75, 3.05) is 26.2 Å². The molecule has 0 saturated carbocycles. The van der Waals surface area contributed by atoms with Gasteiger partial charge in [0.15, 0.2) is 0 Å². The minimum absolute atomic E-state index is 0.0800. The van der Waals surface area contributed by atoms with Gasteiger partial charge in [-0.1, -0.05) is 24.3 Å². The Morgan fingerprint density at radius 1 is 1.38 bits per heavy atom. The molecule has 1 aliphatic heterocycles. The Hall–Kier alpha value is -1.39. The number of hydrogen-bond donors (Lipinski definition) is 1. The van der Waals surface area contributed by atoms with Crippen molar-refractivity contribution in [1.29, 1.82) is 0 Å². The maximum absolute atomic E-state index is 12.2. The molecule has 1 N–H and O–H groups in total. The molecule has 2 atom stereocenters. The van der Waals surface area contributed by atoms with Crippen LogP contribution in [0.4, 0.5) is 0 Å². The molecule has 0 spiro atoms. The van der Waals surface area contributed by atoms with Crippen molar-refractivity contribution in [3.8, 4) is 0 Å². The van der Waals surface area contributed by atoms with Gasteiger partial charge < -0.3 is 10.1 Å². The molecule has 0 radical (unpaired) electrons. The average molecular weight is 288 g/mol. The molecule has 0 amide bonds. The van der Waals surface area contributed by atoms with Crippen LogP contribution in [-0.4, -0.2) is 49.2 Å². The van der Waals surface area contributed by atoms with Crippen LogP contribution in [0.5, 0.6) is 0 Å². The van der Waals surface area contributed by atoms with Gasteiger partial charge in [0.2, 0.25) is 0 Å². The minimum Gasteiger partial charge on any atom is -0.465 e. The predicted molar refractivity (Wildman–Crippen MR) is 82.3 cm³/mol. The lowest BCUT2D eigenvalue weighted by atomic mass is 9.86. The molecule has 1 aliphatic carbocycles. The van der Waals surface area contributed by atoms with Gasteiger partial charge in [-0.2, -0.15) is 0 Å². The zero-order chi connectivity index (χ0) is 14.7.